The van der Waals surface area contributed by atoms with Gasteiger partial charge in [-0.25, -0.2) is 0 Å². The van der Waals surface area contributed by atoms with Crippen LogP contribution in [0.5, 0.6) is 0 Å². The van der Waals surface area contributed by atoms with Crippen LogP contribution in [0.15, 0.2) is 36.4 Å². The average molecular weight is 329 g/mol. The van der Waals surface area contributed by atoms with Crippen molar-refractivity contribution in [2.24, 2.45) is 0 Å². The molecule has 1 aromatic carbocycles. The van der Waals surface area contributed by atoms with E-state index in [4.69, 9.17) is 0 Å². The van der Waals surface area contributed by atoms with Crippen LogP contribution in [0.3, 0.4) is 0 Å². The number of rotatable bonds is 5. The maximum atomic E-state index is 12.7. The van der Waals surface area contributed by atoms with E-state index < -0.39 is 0 Å². The Labute approximate surface area is 146 Å². The number of hydrogen-bond acceptors (Lipinski definition) is 3. The number of amides is 1. The molecule has 1 fully saturated rings. The highest BCUT2D eigenvalue weighted by Gasteiger charge is 2.30. The molecule has 0 N–H and O–H groups in total. The quantitative estimate of drug-likeness (QED) is 0.777. The van der Waals surface area contributed by atoms with Crippen LogP contribution in [-0.2, 0) is 4.79 Å². The molecule has 132 valence electrons. The van der Waals surface area contributed by atoms with Crippen molar-refractivity contribution in [3.63, 3.8) is 0 Å². The molecule has 0 saturated carbocycles. The molecule has 1 saturated heterocycles. The van der Waals surface area contributed by atoms with Gasteiger partial charge >= 0.3 is 0 Å². The fraction of sp³-hybridized carbons (Fsp3) is 0.550. The Morgan fingerprint density at radius 2 is 1.75 bits per heavy atom. The Hall–Kier alpha value is -1.65. The maximum absolute atomic E-state index is 12.7. The van der Waals surface area contributed by atoms with Gasteiger partial charge in [0.05, 0.1) is 0 Å². The molecule has 0 radical (unpaired) electrons. The first-order chi connectivity index (χ1) is 11.4. The van der Waals surface area contributed by atoms with E-state index in [1.54, 1.807) is 6.08 Å². The largest absolute Gasteiger partial charge is 0.336 e. The monoisotopic (exact) mass is 329 g/mol. The van der Waals surface area contributed by atoms with Crippen molar-refractivity contribution in [1.29, 1.82) is 0 Å². The number of hydrogen-bond donors (Lipinski definition) is 0. The number of nitrogens with zero attached hydrogens (tertiary/aromatic N) is 3. The molecule has 0 bridgehead atoms. The van der Waals surface area contributed by atoms with Gasteiger partial charge in [-0.2, -0.15) is 0 Å². The van der Waals surface area contributed by atoms with Crippen molar-refractivity contribution in [2.75, 3.05) is 40.3 Å². The fourth-order valence-corrected chi connectivity index (χ4v) is 3.35. The van der Waals surface area contributed by atoms with Crippen LogP contribution in [0.2, 0.25) is 0 Å². The summed E-state index contributed by atoms with van der Waals surface area (Å²) < 4.78 is 0. The fourth-order valence-electron chi connectivity index (χ4n) is 3.35. The van der Waals surface area contributed by atoms with Crippen molar-refractivity contribution in [2.45, 2.75) is 32.9 Å². The zero-order chi connectivity index (χ0) is 17.7. The van der Waals surface area contributed by atoms with Gasteiger partial charge in [0.1, 0.15) is 0 Å². The SMILES string of the molecule is C/C(=C\C(=O)N1CC(C)N(CCN(C)C)C(C)C1)c1ccccc1. The van der Waals surface area contributed by atoms with Gasteiger partial charge in [0.25, 0.3) is 0 Å². The first kappa shape index (κ1) is 18.7. The molecule has 24 heavy (non-hydrogen) atoms. The standard InChI is InChI=1S/C20H31N3O/c1-16(19-9-7-6-8-10-19)13-20(24)22-14-17(2)23(18(3)15-22)12-11-21(4)5/h6-10,13,17-18H,11-12,14-15H2,1-5H3/b16-13+. The van der Waals surface area contributed by atoms with E-state index in [2.05, 4.69) is 37.7 Å². The molecule has 0 aliphatic carbocycles. The van der Waals surface area contributed by atoms with Crippen LogP contribution in [-0.4, -0.2) is 73.0 Å². The molecule has 1 amide bonds. The van der Waals surface area contributed by atoms with E-state index in [1.165, 1.54) is 0 Å². The van der Waals surface area contributed by atoms with Gasteiger partial charge in [-0.1, -0.05) is 30.3 Å². The first-order valence-corrected chi connectivity index (χ1v) is 8.81. The predicted octanol–water partition coefficient (Wildman–Crippen LogP) is 2.57. The smallest absolute Gasteiger partial charge is 0.246 e. The summed E-state index contributed by atoms with van der Waals surface area (Å²) in [6, 6.07) is 10.9. The Kier molecular flexibility index (Phi) is 6.58. The molecule has 4 nitrogen and oxygen atoms in total. The Balaban J connectivity index is 2.00. The highest BCUT2D eigenvalue weighted by molar-refractivity contribution is 5.95. The second-order valence-electron chi connectivity index (χ2n) is 7.18. The summed E-state index contributed by atoms with van der Waals surface area (Å²) in [6.07, 6.45) is 1.78. The maximum Gasteiger partial charge on any atom is 0.246 e. The summed E-state index contributed by atoms with van der Waals surface area (Å²) in [4.78, 5) is 19.4. The Morgan fingerprint density at radius 3 is 2.29 bits per heavy atom. The predicted molar refractivity (Wildman–Crippen MR) is 101 cm³/mol. The lowest BCUT2D eigenvalue weighted by molar-refractivity contribution is -0.130. The number of piperazine rings is 1. The zero-order valence-electron chi connectivity index (χ0n) is 15.7. The van der Waals surface area contributed by atoms with Gasteiger partial charge in [-0.05, 0) is 46.0 Å². The number of carbonyl (C=O) groups excluding carboxylic acids is 1. The van der Waals surface area contributed by atoms with Crippen molar-refractivity contribution >= 4 is 11.5 Å². The minimum absolute atomic E-state index is 0.127. The van der Waals surface area contributed by atoms with E-state index >= 15 is 0 Å². The van der Waals surface area contributed by atoms with Gasteiger partial charge in [0, 0.05) is 44.3 Å². The zero-order valence-corrected chi connectivity index (χ0v) is 15.7. The molecule has 2 rings (SSSR count). The summed E-state index contributed by atoms with van der Waals surface area (Å²) in [5.74, 6) is 0.127. The second-order valence-corrected chi connectivity index (χ2v) is 7.18. The summed E-state index contributed by atoms with van der Waals surface area (Å²) in [5, 5.41) is 0. The summed E-state index contributed by atoms with van der Waals surface area (Å²) in [6.45, 7) is 10.2. The molecule has 4 heteroatoms. The summed E-state index contributed by atoms with van der Waals surface area (Å²) in [7, 11) is 4.21. The molecular formula is C20H31N3O. The minimum Gasteiger partial charge on any atom is -0.336 e. The second kappa shape index (κ2) is 8.45. The van der Waals surface area contributed by atoms with Crippen molar-refractivity contribution in [3.8, 4) is 0 Å². The molecule has 2 unspecified atom stereocenters. The van der Waals surface area contributed by atoms with Gasteiger partial charge < -0.3 is 9.80 Å². The molecule has 1 aliphatic heterocycles. The van der Waals surface area contributed by atoms with Gasteiger partial charge in [0.2, 0.25) is 5.91 Å². The molecule has 1 aromatic rings. The van der Waals surface area contributed by atoms with Crippen LogP contribution in [0.1, 0.15) is 26.3 Å². The van der Waals surface area contributed by atoms with Crippen LogP contribution in [0.25, 0.3) is 5.57 Å². The normalized spacial score (nSPS) is 22.9. The number of benzene rings is 1. The third-order valence-corrected chi connectivity index (χ3v) is 4.79. The van der Waals surface area contributed by atoms with Gasteiger partial charge in [-0.3, -0.25) is 9.69 Å². The van der Waals surface area contributed by atoms with Crippen molar-refractivity contribution < 1.29 is 4.79 Å². The van der Waals surface area contributed by atoms with Crippen LogP contribution >= 0.6 is 0 Å². The molecule has 1 aliphatic rings. The third kappa shape index (κ3) is 4.92. The lowest BCUT2D eigenvalue weighted by Crippen LogP contribution is -2.58. The van der Waals surface area contributed by atoms with Crippen LogP contribution in [0.4, 0.5) is 0 Å². The van der Waals surface area contributed by atoms with E-state index in [-0.39, 0.29) is 5.91 Å². The van der Waals surface area contributed by atoms with Crippen molar-refractivity contribution in [3.05, 3.63) is 42.0 Å². The molecular weight excluding hydrogens is 298 g/mol. The first-order valence-electron chi connectivity index (χ1n) is 8.81. The number of allylic oxidation sites excluding steroid dienone is 1. The lowest BCUT2D eigenvalue weighted by Gasteiger charge is -2.44. The minimum atomic E-state index is 0.127. The molecule has 2 atom stereocenters. The highest BCUT2D eigenvalue weighted by Crippen LogP contribution is 2.18. The molecule has 0 spiro atoms. The van der Waals surface area contributed by atoms with Crippen LogP contribution < -0.4 is 0 Å². The third-order valence-electron chi connectivity index (χ3n) is 4.79. The summed E-state index contributed by atoms with van der Waals surface area (Å²) >= 11 is 0. The Bertz CT molecular complexity index is 556. The topological polar surface area (TPSA) is 26.8 Å². The molecule has 0 aromatic heterocycles. The molecule has 1 heterocycles. The Morgan fingerprint density at radius 1 is 1.17 bits per heavy atom. The van der Waals surface area contributed by atoms with Crippen LogP contribution in [0, 0.1) is 0 Å². The van der Waals surface area contributed by atoms with E-state index in [9.17, 15) is 4.79 Å². The van der Waals surface area contributed by atoms with Gasteiger partial charge in [0.15, 0.2) is 0 Å². The lowest BCUT2D eigenvalue weighted by atomic mass is 10.1. The summed E-state index contributed by atoms with van der Waals surface area (Å²) in [5.41, 5.74) is 2.13. The van der Waals surface area contributed by atoms with E-state index in [0.29, 0.717) is 12.1 Å². The average Bonchev–Trinajstić information content (AvgIpc) is 2.54. The van der Waals surface area contributed by atoms with Gasteiger partial charge in [-0.15, -0.1) is 0 Å². The highest BCUT2D eigenvalue weighted by atomic mass is 16.2. The van der Waals surface area contributed by atoms with E-state index in [0.717, 1.165) is 37.3 Å². The number of carbonyl (C=O) groups is 1. The van der Waals surface area contributed by atoms with Crippen molar-refractivity contribution in [1.82, 2.24) is 14.7 Å². The van der Waals surface area contributed by atoms with E-state index in [1.807, 2.05) is 42.2 Å². The number of likely N-dealkylation sites (N-methyl/N-ethyl adjacent to an activating group) is 1.